The molecule has 0 aliphatic carbocycles. The molecule has 0 saturated carbocycles. The van der Waals surface area contributed by atoms with Crippen LogP contribution >= 0.6 is 11.6 Å². The topological polar surface area (TPSA) is 61.4 Å². The third-order valence-corrected chi connectivity index (χ3v) is 4.26. The zero-order valence-electron chi connectivity index (χ0n) is 14.8. The van der Waals surface area contributed by atoms with E-state index in [0.29, 0.717) is 29.2 Å². The van der Waals surface area contributed by atoms with Crippen LogP contribution in [0, 0.1) is 5.41 Å². The van der Waals surface area contributed by atoms with E-state index < -0.39 is 0 Å². The fourth-order valence-electron chi connectivity index (χ4n) is 2.75. The second-order valence-electron chi connectivity index (χ2n) is 7.53. The van der Waals surface area contributed by atoms with Gasteiger partial charge in [-0.15, -0.1) is 0 Å². The van der Waals surface area contributed by atoms with Crippen molar-refractivity contribution in [3.05, 3.63) is 28.8 Å². The zero-order chi connectivity index (χ0) is 17.9. The highest BCUT2D eigenvalue weighted by atomic mass is 35.5. The molecule has 0 unspecified atom stereocenters. The Morgan fingerprint density at radius 3 is 2.71 bits per heavy atom. The second kappa shape index (κ2) is 7.53. The Bertz CT molecular complexity index is 625. The molecule has 5 nitrogen and oxygen atoms in total. The molecule has 1 aliphatic heterocycles. The molecule has 132 valence electrons. The third kappa shape index (κ3) is 4.95. The summed E-state index contributed by atoms with van der Waals surface area (Å²) >= 11 is 6.23. The Kier molecular flexibility index (Phi) is 5.88. The lowest BCUT2D eigenvalue weighted by molar-refractivity contribution is -0.117. The zero-order valence-corrected chi connectivity index (χ0v) is 15.5. The molecule has 1 atom stereocenters. The van der Waals surface area contributed by atoms with E-state index in [-0.39, 0.29) is 23.3 Å². The van der Waals surface area contributed by atoms with E-state index >= 15 is 0 Å². The first kappa shape index (κ1) is 18.7. The standard InChI is InChI=1S/C18H26ClN3O2/c1-12-11-20-7-8-22(12)17(24)14-9-13(5-6-15(14)19)21-16(23)10-18(2,3)4/h5-6,9,12,20H,7-8,10-11H2,1-4H3,(H,21,23)/t12-/m1/s1. The molecule has 0 aromatic heterocycles. The van der Waals surface area contributed by atoms with Gasteiger partial charge in [-0.25, -0.2) is 0 Å². The van der Waals surface area contributed by atoms with Crippen molar-refractivity contribution >= 4 is 29.1 Å². The summed E-state index contributed by atoms with van der Waals surface area (Å²) < 4.78 is 0. The molecule has 6 heteroatoms. The minimum atomic E-state index is -0.0964. The highest BCUT2D eigenvalue weighted by molar-refractivity contribution is 6.34. The maximum atomic E-state index is 12.8. The summed E-state index contributed by atoms with van der Waals surface area (Å²) in [6, 6.07) is 5.16. The lowest BCUT2D eigenvalue weighted by atomic mass is 9.92. The maximum absolute atomic E-state index is 12.8. The van der Waals surface area contributed by atoms with Gasteiger partial charge in [0.15, 0.2) is 0 Å². The van der Waals surface area contributed by atoms with Gasteiger partial charge < -0.3 is 15.5 Å². The SMILES string of the molecule is C[C@@H]1CNCCN1C(=O)c1cc(NC(=O)CC(C)(C)C)ccc1Cl. The van der Waals surface area contributed by atoms with Gasteiger partial charge in [0.25, 0.3) is 5.91 Å². The van der Waals surface area contributed by atoms with Crippen molar-refractivity contribution < 1.29 is 9.59 Å². The number of nitrogens with one attached hydrogen (secondary N) is 2. The number of piperazine rings is 1. The van der Waals surface area contributed by atoms with Gasteiger partial charge in [-0.3, -0.25) is 9.59 Å². The number of benzene rings is 1. The molecule has 0 radical (unpaired) electrons. The molecule has 1 aliphatic rings. The number of carbonyl (C=O) groups is 2. The highest BCUT2D eigenvalue weighted by Crippen LogP contribution is 2.25. The van der Waals surface area contributed by atoms with E-state index in [1.807, 2.05) is 32.6 Å². The molecule has 1 fully saturated rings. The summed E-state index contributed by atoms with van der Waals surface area (Å²) in [5.41, 5.74) is 0.935. The summed E-state index contributed by atoms with van der Waals surface area (Å²) in [5.74, 6) is -0.167. The predicted octanol–water partition coefficient (Wildman–Crippen LogP) is 3.15. The Hall–Kier alpha value is -1.59. The van der Waals surface area contributed by atoms with Crippen LogP contribution in [0.15, 0.2) is 18.2 Å². The van der Waals surface area contributed by atoms with E-state index in [2.05, 4.69) is 10.6 Å². The van der Waals surface area contributed by atoms with Crippen LogP contribution in [0.4, 0.5) is 5.69 Å². The van der Waals surface area contributed by atoms with Crippen molar-refractivity contribution in [3.8, 4) is 0 Å². The largest absolute Gasteiger partial charge is 0.333 e. The first-order valence-corrected chi connectivity index (χ1v) is 8.66. The summed E-state index contributed by atoms with van der Waals surface area (Å²) in [6.07, 6.45) is 0.410. The average molecular weight is 352 g/mol. The molecule has 2 amide bonds. The molecule has 1 aromatic rings. The number of hydrogen-bond donors (Lipinski definition) is 2. The normalized spacial score (nSPS) is 18.4. The van der Waals surface area contributed by atoms with E-state index in [0.717, 1.165) is 13.1 Å². The number of nitrogens with zero attached hydrogens (tertiary/aromatic N) is 1. The monoisotopic (exact) mass is 351 g/mol. The van der Waals surface area contributed by atoms with E-state index in [9.17, 15) is 9.59 Å². The van der Waals surface area contributed by atoms with E-state index in [1.165, 1.54) is 0 Å². The molecular weight excluding hydrogens is 326 g/mol. The van der Waals surface area contributed by atoms with Crippen molar-refractivity contribution in [1.82, 2.24) is 10.2 Å². The summed E-state index contributed by atoms with van der Waals surface area (Å²) in [6.45, 7) is 10.2. The molecule has 0 spiro atoms. The van der Waals surface area contributed by atoms with Crippen LogP contribution < -0.4 is 10.6 Å². The minimum Gasteiger partial charge on any atom is -0.333 e. The summed E-state index contributed by atoms with van der Waals surface area (Å²) in [7, 11) is 0. The summed E-state index contributed by atoms with van der Waals surface area (Å²) in [4.78, 5) is 26.7. The van der Waals surface area contributed by atoms with Crippen LogP contribution in [0.3, 0.4) is 0 Å². The van der Waals surface area contributed by atoms with Gasteiger partial charge >= 0.3 is 0 Å². The van der Waals surface area contributed by atoms with Crippen LogP contribution in [0.5, 0.6) is 0 Å². The molecular formula is C18H26ClN3O2. The van der Waals surface area contributed by atoms with Gasteiger partial charge in [-0.1, -0.05) is 32.4 Å². The van der Waals surface area contributed by atoms with Crippen LogP contribution in [0.2, 0.25) is 5.02 Å². The Labute approximate surface area is 148 Å². The van der Waals surface area contributed by atoms with Gasteiger partial charge in [0.05, 0.1) is 10.6 Å². The van der Waals surface area contributed by atoms with Crippen LogP contribution in [-0.4, -0.2) is 42.4 Å². The quantitative estimate of drug-likeness (QED) is 0.879. The molecule has 2 rings (SSSR count). The van der Waals surface area contributed by atoms with Crippen molar-refractivity contribution in [2.24, 2.45) is 5.41 Å². The number of hydrogen-bond acceptors (Lipinski definition) is 3. The van der Waals surface area contributed by atoms with Crippen LogP contribution in [0.25, 0.3) is 0 Å². The van der Waals surface area contributed by atoms with Gasteiger partial charge in [0.1, 0.15) is 0 Å². The highest BCUT2D eigenvalue weighted by Gasteiger charge is 2.26. The smallest absolute Gasteiger partial charge is 0.255 e. The Morgan fingerprint density at radius 1 is 1.38 bits per heavy atom. The fraction of sp³-hybridized carbons (Fsp3) is 0.556. The van der Waals surface area contributed by atoms with Crippen molar-refractivity contribution in [2.75, 3.05) is 25.0 Å². The fourth-order valence-corrected chi connectivity index (χ4v) is 2.95. The Morgan fingerprint density at radius 2 is 2.08 bits per heavy atom. The first-order valence-electron chi connectivity index (χ1n) is 8.28. The molecule has 1 heterocycles. The van der Waals surface area contributed by atoms with Gasteiger partial charge in [-0.05, 0) is 30.5 Å². The lowest BCUT2D eigenvalue weighted by Gasteiger charge is -2.34. The molecule has 2 N–H and O–H groups in total. The average Bonchev–Trinajstić information content (AvgIpc) is 2.47. The molecule has 24 heavy (non-hydrogen) atoms. The maximum Gasteiger partial charge on any atom is 0.255 e. The number of amides is 2. The Balaban J connectivity index is 2.16. The van der Waals surface area contributed by atoms with Crippen LogP contribution in [-0.2, 0) is 4.79 Å². The van der Waals surface area contributed by atoms with E-state index in [4.69, 9.17) is 11.6 Å². The number of anilines is 1. The number of carbonyl (C=O) groups excluding carboxylic acids is 2. The molecule has 1 saturated heterocycles. The number of rotatable bonds is 3. The predicted molar refractivity (Wildman–Crippen MR) is 97.5 cm³/mol. The van der Waals surface area contributed by atoms with E-state index in [1.54, 1.807) is 18.2 Å². The van der Waals surface area contributed by atoms with Crippen LogP contribution in [0.1, 0.15) is 44.5 Å². The van der Waals surface area contributed by atoms with Crippen molar-refractivity contribution in [3.63, 3.8) is 0 Å². The summed E-state index contributed by atoms with van der Waals surface area (Å²) in [5, 5.41) is 6.52. The third-order valence-electron chi connectivity index (χ3n) is 3.93. The van der Waals surface area contributed by atoms with Crippen molar-refractivity contribution in [1.29, 1.82) is 0 Å². The lowest BCUT2D eigenvalue weighted by Crippen LogP contribution is -2.52. The molecule has 0 bridgehead atoms. The minimum absolute atomic E-state index is 0.0706. The van der Waals surface area contributed by atoms with Crippen molar-refractivity contribution in [2.45, 2.75) is 40.2 Å². The second-order valence-corrected chi connectivity index (χ2v) is 7.94. The first-order chi connectivity index (χ1) is 11.2. The number of halogens is 1. The van der Waals surface area contributed by atoms with Gasteiger partial charge in [0.2, 0.25) is 5.91 Å². The van der Waals surface area contributed by atoms with Gasteiger partial charge in [0, 0.05) is 37.8 Å². The molecule has 1 aromatic carbocycles. The van der Waals surface area contributed by atoms with Gasteiger partial charge in [-0.2, -0.15) is 0 Å².